The van der Waals surface area contributed by atoms with Crippen LogP contribution in [0.2, 0.25) is 0 Å². The van der Waals surface area contributed by atoms with Gasteiger partial charge in [-0.3, -0.25) is 0 Å². The molecule has 1 fully saturated rings. The lowest BCUT2D eigenvalue weighted by molar-refractivity contribution is 0.242. The van der Waals surface area contributed by atoms with Gasteiger partial charge in [-0.15, -0.1) is 10.2 Å². The average Bonchev–Trinajstić information content (AvgIpc) is 3.11. The number of nitrogens with one attached hydrogen (secondary N) is 2. The molecule has 112 valence electrons. The first-order valence-corrected chi connectivity index (χ1v) is 8.42. The van der Waals surface area contributed by atoms with Crippen LogP contribution in [0.3, 0.4) is 0 Å². The number of aromatic nitrogens is 3. The summed E-state index contributed by atoms with van der Waals surface area (Å²) in [5.74, 6) is 1.06. The summed E-state index contributed by atoms with van der Waals surface area (Å²) in [6, 6.07) is 0.432. The summed E-state index contributed by atoms with van der Waals surface area (Å²) in [4.78, 5) is 11.1. The van der Waals surface area contributed by atoms with E-state index in [-0.39, 0.29) is 6.03 Å². The van der Waals surface area contributed by atoms with Crippen LogP contribution < -0.4 is 10.6 Å². The van der Waals surface area contributed by atoms with E-state index in [0.29, 0.717) is 12.6 Å². The van der Waals surface area contributed by atoms with E-state index in [1.165, 1.54) is 25.7 Å². The van der Waals surface area contributed by atoms with Gasteiger partial charge in [-0.25, -0.2) is 4.79 Å². The molecule has 1 heterocycles. The number of hydrogen-bond donors (Lipinski definition) is 2. The minimum Gasteiger partial charge on any atom is -0.341 e. The Bertz CT molecular complexity index is 442. The van der Waals surface area contributed by atoms with Gasteiger partial charge in [-0.2, -0.15) is 0 Å². The molecule has 2 amide bonds. The monoisotopic (exact) mass is 297 g/mol. The number of carbonyl (C=O) groups is 1. The fourth-order valence-corrected chi connectivity index (χ4v) is 3.26. The first kappa shape index (κ1) is 15.2. The maximum absolute atomic E-state index is 11.1. The summed E-state index contributed by atoms with van der Waals surface area (Å²) < 4.78 is 2.32. The fourth-order valence-electron chi connectivity index (χ4n) is 2.68. The van der Waals surface area contributed by atoms with E-state index in [1.54, 1.807) is 18.8 Å². The minimum atomic E-state index is -0.132. The van der Waals surface area contributed by atoms with Crippen LogP contribution in [0.15, 0.2) is 5.16 Å². The topological polar surface area (TPSA) is 71.8 Å². The number of amides is 2. The van der Waals surface area contributed by atoms with Crippen LogP contribution in [0, 0.1) is 0 Å². The molecule has 2 rings (SSSR count). The number of carbonyl (C=O) groups excluding carboxylic acids is 1. The molecule has 0 aromatic carbocycles. The molecular weight excluding hydrogens is 274 g/mol. The molecule has 0 saturated heterocycles. The molecule has 0 aliphatic heterocycles. The number of thioether (sulfide) groups is 1. The van der Waals surface area contributed by atoms with Gasteiger partial charge in [-0.1, -0.05) is 24.6 Å². The normalized spacial score (nSPS) is 15.5. The molecule has 1 aromatic heterocycles. The predicted molar refractivity (Wildman–Crippen MR) is 80.1 cm³/mol. The van der Waals surface area contributed by atoms with E-state index in [0.717, 1.165) is 23.8 Å². The zero-order valence-corrected chi connectivity index (χ0v) is 13.0. The number of urea groups is 1. The van der Waals surface area contributed by atoms with Gasteiger partial charge in [0, 0.05) is 26.1 Å². The summed E-state index contributed by atoms with van der Waals surface area (Å²) in [7, 11) is 1.62. The largest absolute Gasteiger partial charge is 0.341 e. The lowest BCUT2D eigenvalue weighted by Crippen LogP contribution is -2.33. The third kappa shape index (κ3) is 3.65. The summed E-state index contributed by atoms with van der Waals surface area (Å²) in [6.07, 6.45) is 8.85. The Hall–Kier alpha value is -1.24. The van der Waals surface area contributed by atoms with Crippen LogP contribution in [-0.2, 0) is 6.42 Å². The zero-order valence-electron chi connectivity index (χ0n) is 12.2. The minimum absolute atomic E-state index is 0.132. The molecule has 0 unspecified atom stereocenters. The van der Waals surface area contributed by atoms with Crippen LogP contribution in [0.25, 0.3) is 0 Å². The van der Waals surface area contributed by atoms with Gasteiger partial charge in [0.25, 0.3) is 0 Å². The molecule has 1 saturated carbocycles. The van der Waals surface area contributed by atoms with E-state index in [1.807, 2.05) is 6.26 Å². The van der Waals surface area contributed by atoms with Gasteiger partial charge < -0.3 is 15.2 Å². The van der Waals surface area contributed by atoms with Gasteiger partial charge >= 0.3 is 6.03 Å². The maximum Gasteiger partial charge on any atom is 0.314 e. The molecule has 0 bridgehead atoms. The van der Waals surface area contributed by atoms with Crippen molar-refractivity contribution in [1.29, 1.82) is 0 Å². The Morgan fingerprint density at radius 3 is 2.80 bits per heavy atom. The Morgan fingerprint density at radius 1 is 1.40 bits per heavy atom. The second-order valence-electron chi connectivity index (χ2n) is 5.02. The standard InChI is InChI=1S/C13H23N5OS/c1-14-12(19)15-9-5-8-11-16-17-13(20-2)18(11)10-6-3-4-7-10/h10H,3-9H2,1-2H3,(H2,14,15,19). The third-order valence-electron chi connectivity index (χ3n) is 3.70. The van der Waals surface area contributed by atoms with Crippen LogP contribution in [0.5, 0.6) is 0 Å². The van der Waals surface area contributed by atoms with Crippen molar-refractivity contribution in [3.8, 4) is 0 Å². The molecule has 20 heavy (non-hydrogen) atoms. The Labute approximate surface area is 124 Å². The highest BCUT2D eigenvalue weighted by Gasteiger charge is 2.23. The van der Waals surface area contributed by atoms with E-state index in [4.69, 9.17) is 0 Å². The SMILES string of the molecule is CNC(=O)NCCCc1nnc(SC)n1C1CCCC1. The summed E-state index contributed by atoms with van der Waals surface area (Å²) in [5, 5.41) is 15.0. The highest BCUT2D eigenvalue weighted by molar-refractivity contribution is 7.98. The molecule has 0 radical (unpaired) electrons. The van der Waals surface area contributed by atoms with Crippen LogP contribution in [0.1, 0.15) is 44.0 Å². The number of rotatable bonds is 6. The molecule has 2 N–H and O–H groups in total. The lowest BCUT2D eigenvalue weighted by Gasteiger charge is -2.16. The lowest BCUT2D eigenvalue weighted by atomic mass is 10.2. The van der Waals surface area contributed by atoms with Crippen molar-refractivity contribution in [2.45, 2.75) is 49.7 Å². The van der Waals surface area contributed by atoms with Gasteiger partial charge in [0.15, 0.2) is 5.16 Å². The van der Waals surface area contributed by atoms with Crippen molar-refractivity contribution < 1.29 is 4.79 Å². The molecule has 0 atom stereocenters. The van der Waals surface area contributed by atoms with Gasteiger partial charge in [0.2, 0.25) is 0 Å². The molecular formula is C13H23N5OS. The van der Waals surface area contributed by atoms with Gasteiger partial charge in [0.05, 0.1) is 0 Å². The Balaban J connectivity index is 1.93. The zero-order chi connectivity index (χ0) is 14.4. The Kier molecular flexibility index (Phi) is 5.70. The maximum atomic E-state index is 11.1. The average molecular weight is 297 g/mol. The highest BCUT2D eigenvalue weighted by Crippen LogP contribution is 2.33. The number of aryl methyl sites for hydroxylation is 1. The van der Waals surface area contributed by atoms with Crippen LogP contribution in [0.4, 0.5) is 4.79 Å². The number of nitrogens with zero attached hydrogens (tertiary/aromatic N) is 3. The summed E-state index contributed by atoms with van der Waals surface area (Å²) in [6.45, 7) is 0.659. The first-order chi connectivity index (χ1) is 9.76. The molecule has 7 heteroatoms. The predicted octanol–water partition coefficient (Wildman–Crippen LogP) is 1.98. The van der Waals surface area contributed by atoms with Crippen LogP contribution >= 0.6 is 11.8 Å². The second kappa shape index (κ2) is 7.52. The van der Waals surface area contributed by atoms with Crippen molar-refractivity contribution >= 4 is 17.8 Å². The second-order valence-corrected chi connectivity index (χ2v) is 5.79. The molecule has 0 spiro atoms. The van der Waals surface area contributed by atoms with Crippen molar-refractivity contribution in [2.24, 2.45) is 0 Å². The van der Waals surface area contributed by atoms with Gasteiger partial charge in [0.1, 0.15) is 5.82 Å². The van der Waals surface area contributed by atoms with Crippen molar-refractivity contribution in [2.75, 3.05) is 19.8 Å². The van der Waals surface area contributed by atoms with E-state index in [2.05, 4.69) is 25.4 Å². The molecule has 1 aliphatic carbocycles. The number of hydrogen-bond acceptors (Lipinski definition) is 4. The van der Waals surface area contributed by atoms with Crippen molar-refractivity contribution in [3.63, 3.8) is 0 Å². The molecule has 1 aliphatic rings. The smallest absolute Gasteiger partial charge is 0.314 e. The summed E-state index contributed by atoms with van der Waals surface area (Å²) >= 11 is 1.66. The highest BCUT2D eigenvalue weighted by atomic mass is 32.2. The quantitative estimate of drug-likeness (QED) is 0.622. The third-order valence-corrected chi connectivity index (χ3v) is 4.34. The van der Waals surface area contributed by atoms with Gasteiger partial charge in [-0.05, 0) is 25.5 Å². The van der Waals surface area contributed by atoms with E-state index >= 15 is 0 Å². The first-order valence-electron chi connectivity index (χ1n) is 7.19. The molecule has 1 aromatic rings. The van der Waals surface area contributed by atoms with E-state index < -0.39 is 0 Å². The van der Waals surface area contributed by atoms with E-state index in [9.17, 15) is 4.79 Å². The summed E-state index contributed by atoms with van der Waals surface area (Å²) in [5.41, 5.74) is 0. The Morgan fingerprint density at radius 2 is 2.15 bits per heavy atom. The van der Waals surface area contributed by atoms with Crippen LogP contribution in [-0.4, -0.2) is 40.6 Å². The molecule has 6 nitrogen and oxygen atoms in total. The van der Waals surface area contributed by atoms with Crippen molar-refractivity contribution in [1.82, 2.24) is 25.4 Å². The fraction of sp³-hybridized carbons (Fsp3) is 0.769. The van der Waals surface area contributed by atoms with Crippen molar-refractivity contribution in [3.05, 3.63) is 5.82 Å².